The molecule has 23 heavy (non-hydrogen) atoms. The van der Waals surface area contributed by atoms with Crippen molar-refractivity contribution < 1.29 is 4.79 Å². The van der Waals surface area contributed by atoms with Crippen LogP contribution in [0, 0.1) is 6.92 Å². The van der Waals surface area contributed by atoms with Gasteiger partial charge in [-0.1, -0.05) is 18.2 Å². The van der Waals surface area contributed by atoms with Gasteiger partial charge in [-0.3, -0.25) is 4.79 Å². The third-order valence-electron chi connectivity index (χ3n) is 3.45. The lowest BCUT2D eigenvalue weighted by molar-refractivity contribution is 0.0935. The second kappa shape index (κ2) is 6.70. The van der Waals surface area contributed by atoms with Crippen LogP contribution in [0.15, 0.2) is 42.9 Å². The molecule has 0 unspecified atom stereocenters. The highest BCUT2D eigenvalue weighted by molar-refractivity contribution is 7.11. The van der Waals surface area contributed by atoms with Crippen molar-refractivity contribution in [1.82, 2.24) is 25.3 Å². The fourth-order valence-corrected chi connectivity index (χ4v) is 3.16. The monoisotopic (exact) mass is 327 g/mol. The zero-order valence-electron chi connectivity index (χ0n) is 12.9. The van der Waals surface area contributed by atoms with Crippen molar-refractivity contribution in [2.24, 2.45) is 0 Å². The van der Waals surface area contributed by atoms with Gasteiger partial charge < -0.3 is 5.32 Å². The van der Waals surface area contributed by atoms with E-state index in [2.05, 4.69) is 20.6 Å². The quantitative estimate of drug-likeness (QED) is 0.782. The Kier molecular flexibility index (Phi) is 4.47. The molecule has 2 heterocycles. The predicted molar refractivity (Wildman–Crippen MR) is 88.7 cm³/mol. The molecule has 0 aliphatic carbocycles. The van der Waals surface area contributed by atoms with Gasteiger partial charge in [0.2, 0.25) is 0 Å². The highest BCUT2D eigenvalue weighted by Crippen LogP contribution is 2.22. The summed E-state index contributed by atoms with van der Waals surface area (Å²) in [7, 11) is 0. The highest BCUT2D eigenvalue weighted by atomic mass is 32.1. The first-order valence-corrected chi connectivity index (χ1v) is 8.19. The summed E-state index contributed by atoms with van der Waals surface area (Å²) >= 11 is 1.61. The number of aryl methyl sites for hydroxylation is 1. The largest absolute Gasteiger partial charge is 0.343 e. The Morgan fingerprint density at radius 2 is 2.30 bits per heavy atom. The van der Waals surface area contributed by atoms with E-state index in [0.29, 0.717) is 5.56 Å². The number of benzene rings is 1. The van der Waals surface area contributed by atoms with Crippen LogP contribution in [0.1, 0.15) is 39.6 Å². The van der Waals surface area contributed by atoms with E-state index in [1.807, 2.05) is 32.2 Å². The Labute approximate surface area is 138 Å². The SMILES string of the molecule is CC[C@H](NC(=O)c1cccc(-n2ccnn2)c1)c1ncc(C)s1. The zero-order chi connectivity index (χ0) is 16.2. The molecule has 0 bridgehead atoms. The van der Waals surface area contributed by atoms with Crippen molar-refractivity contribution >= 4 is 17.2 Å². The first kappa shape index (κ1) is 15.4. The van der Waals surface area contributed by atoms with Gasteiger partial charge in [0.1, 0.15) is 5.01 Å². The molecule has 6 nitrogen and oxygen atoms in total. The van der Waals surface area contributed by atoms with Crippen LogP contribution < -0.4 is 5.32 Å². The Morgan fingerprint density at radius 3 is 2.96 bits per heavy atom. The average molecular weight is 327 g/mol. The van der Waals surface area contributed by atoms with Gasteiger partial charge in [0.05, 0.1) is 24.1 Å². The van der Waals surface area contributed by atoms with Crippen LogP contribution in [0.25, 0.3) is 5.69 Å². The average Bonchev–Trinajstić information content (AvgIpc) is 3.24. The molecular formula is C16H17N5OS. The number of nitrogens with one attached hydrogen (secondary N) is 1. The normalized spacial score (nSPS) is 12.1. The Balaban J connectivity index is 1.79. The molecule has 0 aliphatic rings. The lowest BCUT2D eigenvalue weighted by atomic mass is 10.1. The van der Waals surface area contributed by atoms with E-state index < -0.39 is 0 Å². The fourth-order valence-electron chi connectivity index (χ4n) is 2.25. The summed E-state index contributed by atoms with van der Waals surface area (Å²) in [6.07, 6.45) is 5.97. The molecule has 0 fully saturated rings. The van der Waals surface area contributed by atoms with Crippen LogP contribution in [-0.4, -0.2) is 25.9 Å². The smallest absolute Gasteiger partial charge is 0.251 e. The number of nitrogens with zero attached hydrogens (tertiary/aromatic N) is 4. The summed E-state index contributed by atoms with van der Waals surface area (Å²) in [5.41, 5.74) is 1.39. The number of amides is 1. The first-order chi connectivity index (χ1) is 11.2. The maximum Gasteiger partial charge on any atom is 0.251 e. The number of carbonyl (C=O) groups is 1. The summed E-state index contributed by atoms with van der Waals surface area (Å²) in [6.45, 7) is 4.05. The van der Waals surface area contributed by atoms with Gasteiger partial charge in [0, 0.05) is 16.6 Å². The van der Waals surface area contributed by atoms with Crippen LogP contribution in [0.5, 0.6) is 0 Å². The molecule has 0 spiro atoms. The van der Waals surface area contributed by atoms with Crippen LogP contribution in [-0.2, 0) is 0 Å². The highest BCUT2D eigenvalue weighted by Gasteiger charge is 2.17. The molecular weight excluding hydrogens is 310 g/mol. The van der Waals surface area contributed by atoms with Gasteiger partial charge in [-0.05, 0) is 31.5 Å². The standard InChI is InChI=1S/C16H17N5OS/c1-3-14(16-17-10-11(2)23-16)19-15(22)12-5-4-6-13(9-12)21-8-7-18-20-21/h4-10,14H,3H2,1-2H3,(H,19,22)/t14-/m0/s1. The van der Waals surface area contributed by atoms with Crippen LogP contribution >= 0.6 is 11.3 Å². The van der Waals surface area contributed by atoms with E-state index >= 15 is 0 Å². The number of hydrogen-bond donors (Lipinski definition) is 1. The molecule has 0 radical (unpaired) electrons. The number of carbonyl (C=O) groups excluding carboxylic acids is 1. The summed E-state index contributed by atoms with van der Waals surface area (Å²) in [5, 5.41) is 11.7. The summed E-state index contributed by atoms with van der Waals surface area (Å²) < 4.78 is 1.62. The second-order valence-corrected chi connectivity index (χ2v) is 6.41. The van der Waals surface area contributed by atoms with Crippen molar-refractivity contribution in [1.29, 1.82) is 0 Å². The van der Waals surface area contributed by atoms with Crippen molar-refractivity contribution in [3.05, 3.63) is 58.3 Å². The summed E-state index contributed by atoms with van der Waals surface area (Å²) in [4.78, 5) is 18.0. The number of hydrogen-bond acceptors (Lipinski definition) is 5. The molecule has 1 atom stereocenters. The van der Waals surface area contributed by atoms with Crippen LogP contribution in [0.4, 0.5) is 0 Å². The Bertz CT molecular complexity index is 796. The Morgan fingerprint density at radius 1 is 1.43 bits per heavy atom. The Hall–Kier alpha value is -2.54. The van der Waals surface area contributed by atoms with Gasteiger partial charge in [0.15, 0.2) is 0 Å². The third-order valence-corrected chi connectivity index (χ3v) is 4.47. The van der Waals surface area contributed by atoms with Crippen LogP contribution in [0.3, 0.4) is 0 Å². The zero-order valence-corrected chi connectivity index (χ0v) is 13.7. The first-order valence-electron chi connectivity index (χ1n) is 7.37. The van der Waals surface area contributed by atoms with Crippen molar-refractivity contribution in [2.75, 3.05) is 0 Å². The molecule has 118 valence electrons. The summed E-state index contributed by atoms with van der Waals surface area (Å²) in [5.74, 6) is -0.119. The molecule has 3 aromatic rings. The number of thiazole rings is 1. The maximum atomic E-state index is 12.5. The van der Waals surface area contributed by atoms with Crippen molar-refractivity contribution in [3.8, 4) is 5.69 Å². The summed E-state index contributed by atoms with van der Waals surface area (Å²) in [6, 6.07) is 7.23. The molecule has 1 amide bonds. The maximum absolute atomic E-state index is 12.5. The van der Waals surface area contributed by atoms with Gasteiger partial charge in [-0.25, -0.2) is 9.67 Å². The lowest BCUT2D eigenvalue weighted by Crippen LogP contribution is -2.28. The molecule has 0 saturated carbocycles. The number of aromatic nitrogens is 4. The van der Waals surface area contributed by atoms with E-state index in [1.54, 1.807) is 40.5 Å². The minimum atomic E-state index is -0.119. The minimum absolute atomic E-state index is 0.0729. The molecule has 2 aromatic heterocycles. The van der Waals surface area contributed by atoms with Gasteiger partial charge in [-0.2, -0.15) is 0 Å². The fraction of sp³-hybridized carbons (Fsp3) is 0.250. The van der Waals surface area contributed by atoms with E-state index in [1.165, 1.54) is 0 Å². The minimum Gasteiger partial charge on any atom is -0.343 e. The van der Waals surface area contributed by atoms with Crippen molar-refractivity contribution in [2.45, 2.75) is 26.3 Å². The third kappa shape index (κ3) is 3.45. The van der Waals surface area contributed by atoms with E-state index in [0.717, 1.165) is 22.0 Å². The molecule has 1 aromatic carbocycles. The van der Waals surface area contributed by atoms with Crippen molar-refractivity contribution in [3.63, 3.8) is 0 Å². The lowest BCUT2D eigenvalue weighted by Gasteiger charge is -2.14. The van der Waals surface area contributed by atoms with E-state index in [4.69, 9.17) is 0 Å². The van der Waals surface area contributed by atoms with Gasteiger partial charge in [-0.15, -0.1) is 16.4 Å². The van der Waals surface area contributed by atoms with Crippen LogP contribution in [0.2, 0.25) is 0 Å². The van der Waals surface area contributed by atoms with E-state index in [-0.39, 0.29) is 11.9 Å². The molecule has 3 rings (SSSR count). The number of rotatable bonds is 5. The topological polar surface area (TPSA) is 72.7 Å². The molecule has 0 saturated heterocycles. The molecule has 0 aliphatic heterocycles. The molecule has 1 N–H and O–H groups in total. The molecule has 7 heteroatoms. The second-order valence-electron chi connectivity index (χ2n) is 5.14. The van der Waals surface area contributed by atoms with E-state index in [9.17, 15) is 4.79 Å². The van der Waals surface area contributed by atoms with Gasteiger partial charge >= 0.3 is 0 Å². The van der Waals surface area contributed by atoms with Gasteiger partial charge in [0.25, 0.3) is 5.91 Å². The predicted octanol–water partition coefficient (Wildman–Crippen LogP) is 2.91.